The van der Waals surface area contributed by atoms with Crippen LogP contribution in [-0.2, 0) is 0 Å². The van der Waals surface area contributed by atoms with Gasteiger partial charge in [-0.1, -0.05) is 22.0 Å². The molecule has 1 aromatic carbocycles. The zero-order valence-corrected chi connectivity index (χ0v) is 13.4. The van der Waals surface area contributed by atoms with Crippen molar-refractivity contribution in [3.8, 4) is 0 Å². The molecule has 2 N–H and O–H groups in total. The molecule has 1 aliphatic heterocycles. The third-order valence-electron chi connectivity index (χ3n) is 3.51. The lowest BCUT2D eigenvalue weighted by Gasteiger charge is -2.35. The van der Waals surface area contributed by atoms with Gasteiger partial charge in [-0.25, -0.2) is 0 Å². The summed E-state index contributed by atoms with van der Waals surface area (Å²) in [5.41, 5.74) is 0.329. The van der Waals surface area contributed by atoms with Gasteiger partial charge in [0.05, 0.1) is 0 Å². The maximum absolute atomic E-state index is 13.2. The summed E-state index contributed by atoms with van der Waals surface area (Å²) in [7, 11) is 0. The number of halogens is 4. The molecule has 1 unspecified atom stereocenters. The summed E-state index contributed by atoms with van der Waals surface area (Å²) in [5.74, 6) is -0.509. The molecule has 22 heavy (non-hydrogen) atoms. The molecule has 0 aromatic heterocycles. The molecule has 0 bridgehead atoms. The van der Waals surface area contributed by atoms with Gasteiger partial charge in [0.15, 0.2) is 0 Å². The molecule has 8 heteroatoms. The maximum Gasteiger partial charge on any atom is 0.405 e. The summed E-state index contributed by atoms with van der Waals surface area (Å²) in [6, 6.07) is 4.88. The Balaban J connectivity index is 2.00. The van der Waals surface area contributed by atoms with Gasteiger partial charge < -0.3 is 10.6 Å². The van der Waals surface area contributed by atoms with Crippen molar-refractivity contribution in [3.63, 3.8) is 0 Å². The number of hydrogen-bond donors (Lipinski definition) is 2. The number of benzene rings is 1. The van der Waals surface area contributed by atoms with E-state index in [0.717, 1.165) is 0 Å². The number of piperazine rings is 1. The van der Waals surface area contributed by atoms with Crippen LogP contribution < -0.4 is 10.6 Å². The highest BCUT2D eigenvalue weighted by Gasteiger charge is 2.43. The first-order chi connectivity index (χ1) is 10.4. The zero-order valence-electron chi connectivity index (χ0n) is 11.8. The number of nitrogens with zero attached hydrogens (tertiary/aromatic N) is 1. The van der Waals surface area contributed by atoms with Gasteiger partial charge in [0.1, 0.15) is 6.04 Å². The predicted octanol–water partition coefficient (Wildman–Crippen LogP) is 2.01. The fourth-order valence-corrected chi connectivity index (χ4v) is 2.77. The number of amides is 1. The van der Waals surface area contributed by atoms with Crippen molar-refractivity contribution < 1.29 is 18.0 Å². The van der Waals surface area contributed by atoms with Crippen LogP contribution in [-0.4, -0.2) is 55.7 Å². The van der Waals surface area contributed by atoms with Crippen molar-refractivity contribution in [2.45, 2.75) is 12.2 Å². The third-order valence-corrected chi connectivity index (χ3v) is 4.01. The number of nitrogens with one attached hydrogen (secondary N) is 2. The summed E-state index contributed by atoms with van der Waals surface area (Å²) < 4.78 is 40.3. The van der Waals surface area contributed by atoms with Crippen LogP contribution in [0, 0.1) is 0 Å². The normalized spacial score (nSPS) is 18.0. The number of hydrogen-bond acceptors (Lipinski definition) is 3. The van der Waals surface area contributed by atoms with E-state index in [1.807, 2.05) is 0 Å². The second-order valence-electron chi connectivity index (χ2n) is 5.06. The Morgan fingerprint density at radius 3 is 2.64 bits per heavy atom. The molecule has 122 valence electrons. The van der Waals surface area contributed by atoms with Gasteiger partial charge in [-0.3, -0.25) is 9.69 Å². The lowest BCUT2D eigenvalue weighted by atomic mass is 10.1. The fraction of sp³-hybridized carbons (Fsp3) is 0.500. The maximum atomic E-state index is 13.2. The molecular weight excluding hydrogens is 363 g/mol. The summed E-state index contributed by atoms with van der Waals surface area (Å²) in [6.07, 6.45) is -4.37. The molecular formula is C14H17BrF3N3O. The molecule has 0 radical (unpaired) electrons. The van der Waals surface area contributed by atoms with E-state index in [0.29, 0.717) is 36.2 Å². The van der Waals surface area contributed by atoms with Crippen LogP contribution in [0.5, 0.6) is 0 Å². The van der Waals surface area contributed by atoms with Crippen molar-refractivity contribution in [2.75, 3.05) is 32.7 Å². The van der Waals surface area contributed by atoms with Gasteiger partial charge >= 0.3 is 6.18 Å². The monoisotopic (exact) mass is 379 g/mol. The largest absolute Gasteiger partial charge is 0.405 e. The highest BCUT2D eigenvalue weighted by molar-refractivity contribution is 9.10. The molecule has 2 rings (SSSR count). The van der Waals surface area contributed by atoms with Crippen LogP contribution in [0.15, 0.2) is 28.7 Å². The van der Waals surface area contributed by atoms with Crippen molar-refractivity contribution in [2.24, 2.45) is 0 Å². The molecule has 4 nitrogen and oxygen atoms in total. The predicted molar refractivity (Wildman–Crippen MR) is 80.8 cm³/mol. The molecule has 1 amide bonds. The highest BCUT2D eigenvalue weighted by Crippen LogP contribution is 2.25. The second kappa shape index (κ2) is 7.43. The standard InChI is InChI=1S/C14H17BrF3N3O/c15-11-3-1-2-10(8-11)13(22)20-9-12(14(16,17)18)21-6-4-19-5-7-21/h1-3,8,12,19H,4-7,9H2,(H,20,22). The van der Waals surface area contributed by atoms with Gasteiger partial charge in [0, 0.05) is 42.8 Å². The molecule has 1 saturated heterocycles. The van der Waals surface area contributed by atoms with Crippen LogP contribution >= 0.6 is 15.9 Å². The number of rotatable bonds is 4. The Bertz CT molecular complexity index is 518. The number of carbonyl (C=O) groups excluding carboxylic acids is 1. The summed E-state index contributed by atoms with van der Waals surface area (Å²) >= 11 is 3.23. The molecule has 1 heterocycles. The van der Waals surface area contributed by atoms with Crippen LogP contribution in [0.2, 0.25) is 0 Å². The SMILES string of the molecule is O=C(NCC(N1CCNCC1)C(F)(F)F)c1cccc(Br)c1. The topological polar surface area (TPSA) is 44.4 Å². The van der Waals surface area contributed by atoms with E-state index in [2.05, 4.69) is 26.6 Å². The quantitative estimate of drug-likeness (QED) is 0.840. The van der Waals surface area contributed by atoms with Crippen LogP contribution in [0.3, 0.4) is 0 Å². The van der Waals surface area contributed by atoms with E-state index in [9.17, 15) is 18.0 Å². The summed E-state index contributed by atoms with van der Waals surface area (Å²) in [5, 5.41) is 5.40. The molecule has 0 spiro atoms. The molecule has 1 atom stereocenters. The fourth-order valence-electron chi connectivity index (χ4n) is 2.37. The zero-order chi connectivity index (χ0) is 16.2. The molecule has 1 fully saturated rings. The van der Waals surface area contributed by atoms with E-state index in [1.54, 1.807) is 24.3 Å². The smallest absolute Gasteiger partial charge is 0.350 e. The first-order valence-corrected chi connectivity index (χ1v) is 7.72. The summed E-state index contributed by atoms with van der Waals surface area (Å²) in [4.78, 5) is 13.3. The lowest BCUT2D eigenvalue weighted by molar-refractivity contribution is -0.183. The van der Waals surface area contributed by atoms with Gasteiger partial charge in [0.25, 0.3) is 5.91 Å². The Kier molecular flexibility index (Phi) is 5.82. The van der Waals surface area contributed by atoms with E-state index >= 15 is 0 Å². The first kappa shape index (κ1) is 17.2. The highest BCUT2D eigenvalue weighted by atomic mass is 79.9. The van der Waals surface area contributed by atoms with E-state index < -0.39 is 24.7 Å². The average molecular weight is 380 g/mol. The van der Waals surface area contributed by atoms with Crippen LogP contribution in [0.1, 0.15) is 10.4 Å². The molecule has 1 aromatic rings. The van der Waals surface area contributed by atoms with Crippen molar-refractivity contribution >= 4 is 21.8 Å². The molecule has 0 aliphatic carbocycles. The molecule has 1 aliphatic rings. The van der Waals surface area contributed by atoms with Crippen LogP contribution in [0.25, 0.3) is 0 Å². The lowest BCUT2D eigenvalue weighted by Crippen LogP contribution is -2.57. The third kappa shape index (κ3) is 4.69. The van der Waals surface area contributed by atoms with Crippen molar-refractivity contribution in [1.29, 1.82) is 0 Å². The van der Waals surface area contributed by atoms with E-state index in [4.69, 9.17) is 0 Å². The van der Waals surface area contributed by atoms with Gasteiger partial charge in [-0.05, 0) is 18.2 Å². The van der Waals surface area contributed by atoms with Gasteiger partial charge in [0.2, 0.25) is 0 Å². The Hall–Kier alpha value is -1.12. The molecule has 0 saturated carbocycles. The minimum Gasteiger partial charge on any atom is -0.350 e. The Morgan fingerprint density at radius 2 is 2.05 bits per heavy atom. The van der Waals surface area contributed by atoms with Crippen molar-refractivity contribution in [1.82, 2.24) is 15.5 Å². The number of carbonyl (C=O) groups is 1. The van der Waals surface area contributed by atoms with Gasteiger partial charge in [-0.15, -0.1) is 0 Å². The second-order valence-corrected chi connectivity index (χ2v) is 5.98. The van der Waals surface area contributed by atoms with E-state index in [1.165, 1.54) is 4.90 Å². The Labute approximate surface area is 135 Å². The van der Waals surface area contributed by atoms with E-state index in [-0.39, 0.29) is 0 Å². The van der Waals surface area contributed by atoms with Crippen molar-refractivity contribution in [3.05, 3.63) is 34.3 Å². The number of alkyl halides is 3. The van der Waals surface area contributed by atoms with Gasteiger partial charge in [-0.2, -0.15) is 13.2 Å². The van der Waals surface area contributed by atoms with Crippen LogP contribution in [0.4, 0.5) is 13.2 Å². The average Bonchev–Trinajstić information content (AvgIpc) is 2.47. The first-order valence-electron chi connectivity index (χ1n) is 6.93. The minimum absolute atomic E-state index is 0.316. The Morgan fingerprint density at radius 1 is 1.36 bits per heavy atom. The minimum atomic E-state index is -4.37. The summed E-state index contributed by atoms with van der Waals surface area (Å²) in [6.45, 7) is 1.22.